The quantitative estimate of drug-likeness (QED) is 0.927. The van der Waals surface area contributed by atoms with E-state index in [1.165, 1.54) is 5.56 Å². The first-order valence-corrected chi connectivity index (χ1v) is 6.66. The Kier molecular flexibility index (Phi) is 3.62. The highest BCUT2D eigenvalue weighted by Gasteiger charge is 2.29. The van der Waals surface area contributed by atoms with Crippen LogP contribution in [0.2, 0.25) is 0 Å². The number of anilines is 1. The van der Waals surface area contributed by atoms with Crippen LogP contribution in [0.25, 0.3) is 0 Å². The van der Waals surface area contributed by atoms with Gasteiger partial charge in [-0.1, -0.05) is 30.3 Å². The molecule has 0 amide bonds. The maximum absolute atomic E-state index is 8.77. The van der Waals surface area contributed by atoms with Gasteiger partial charge in [-0.05, 0) is 24.1 Å². The molecule has 4 heteroatoms. The molecule has 100 valence electrons. The summed E-state index contributed by atoms with van der Waals surface area (Å²) < 4.78 is 5.83. The highest BCUT2D eigenvalue weighted by molar-refractivity contribution is 5.41. The van der Waals surface area contributed by atoms with E-state index in [9.17, 15) is 0 Å². The Labute approximate surface area is 118 Å². The van der Waals surface area contributed by atoms with Crippen molar-refractivity contribution >= 4 is 5.82 Å². The molecule has 20 heavy (non-hydrogen) atoms. The average molecular weight is 265 g/mol. The fourth-order valence-corrected chi connectivity index (χ4v) is 2.44. The van der Waals surface area contributed by atoms with Crippen molar-refractivity contribution in [1.29, 1.82) is 5.26 Å². The number of nitrogens with one attached hydrogen (secondary N) is 1. The maximum atomic E-state index is 8.77. The number of pyridine rings is 1. The van der Waals surface area contributed by atoms with Gasteiger partial charge in [-0.15, -0.1) is 0 Å². The van der Waals surface area contributed by atoms with Crippen LogP contribution < -0.4 is 5.32 Å². The summed E-state index contributed by atoms with van der Waals surface area (Å²) in [5.41, 5.74) is 1.74. The highest BCUT2D eigenvalue weighted by atomic mass is 16.5. The Morgan fingerprint density at radius 3 is 2.75 bits per heavy atom. The van der Waals surface area contributed by atoms with Crippen molar-refractivity contribution in [2.45, 2.75) is 18.6 Å². The molecule has 4 nitrogen and oxygen atoms in total. The van der Waals surface area contributed by atoms with Gasteiger partial charge >= 0.3 is 0 Å². The van der Waals surface area contributed by atoms with Gasteiger partial charge in [-0.25, -0.2) is 4.98 Å². The summed E-state index contributed by atoms with van der Waals surface area (Å²) in [6.45, 7) is 0.744. The van der Waals surface area contributed by atoms with Crippen LogP contribution in [-0.2, 0) is 4.74 Å². The Hall–Kier alpha value is -2.38. The minimum absolute atomic E-state index is 0.0497. The van der Waals surface area contributed by atoms with Crippen LogP contribution in [-0.4, -0.2) is 17.6 Å². The Morgan fingerprint density at radius 1 is 1.20 bits per heavy atom. The molecular formula is C16H15N3O. The number of nitriles is 1. The van der Waals surface area contributed by atoms with Gasteiger partial charge in [0, 0.05) is 12.8 Å². The van der Waals surface area contributed by atoms with E-state index in [1.54, 1.807) is 12.3 Å². The largest absolute Gasteiger partial charge is 0.371 e. The van der Waals surface area contributed by atoms with Crippen LogP contribution in [0, 0.1) is 11.3 Å². The maximum Gasteiger partial charge on any atom is 0.126 e. The van der Waals surface area contributed by atoms with Gasteiger partial charge in [0.2, 0.25) is 0 Å². The third kappa shape index (κ3) is 2.63. The molecule has 1 saturated heterocycles. The molecule has 0 bridgehead atoms. The van der Waals surface area contributed by atoms with Crippen molar-refractivity contribution in [2.75, 3.05) is 11.9 Å². The summed E-state index contributed by atoms with van der Waals surface area (Å²) in [4.78, 5) is 4.25. The molecule has 2 aromatic rings. The number of hydrogen-bond donors (Lipinski definition) is 1. The molecule has 2 atom stereocenters. The second-order valence-corrected chi connectivity index (χ2v) is 4.79. The number of rotatable bonds is 3. The number of aromatic nitrogens is 1. The molecule has 0 radical (unpaired) electrons. The van der Waals surface area contributed by atoms with Gasteiger partial charge in [0.1, 0.15) is 18.0 Å². The molecule has 2 heterocycles. The van der Waals surface area contributed by atoms with Crippen LogP contribution in [0.15, 0.2) is 48.7 Å². The van der Waals surface area contributed by atoms with Crippen LogP contribution in [0.4, 0.5) is 5.82 Å². The van der Waals surface area contributed by atoms with Gasteiger partial charge in [-0.2, -0.15) is 5.26 Å². The molecule has 1 aromatic heterocycles. The van der Waals surface area contributed by atoms with Gasteiger partial charge in [0.15, 0.2) is 0 Å². The van der Waals surface area contributed by atoms with E-state index in [1.807, 2.05) is 24.3 Å². The Balaban J connectivity index is 1.74. The summed E-state index contributed by atoms with van der Waals surface area (Å²) in [5.74, 6) is 0.778. The second kappa shape index (κ2) is 5.72. The zero-order valence-electron chi connectivity index (χ0n) is 11.0. The minimum atomic E-state index is 0.0497. The van der Waals surface area contributed by atoms with Gasteiger partial charge in [0.05, 0.1) is 11.6 Å². The number of benzene rings is 1. The van der Waals surface area contributed by atoms with E-state index < -0.39 is 0 Å². The monoisotopic (exact) mass is 265 g/mol. The molecule has 1 aliphatic rings. The molecule has 1 aromatic carbocycles. The summed E-state index contributed by atoms with van der Waals surface area (Å²) in [6.07, 6.45) is 2.57. The van der Waals surface area contributed by atoms with Crippen molar-refractivity contribution in [3.05, 3.63) is 59.8 Å². The van der Waals surface area contributed by atoms with Crippen LogP contribution in [0.3, 0.4) is 0 Å². The summed E-state index contributed by atoms with van der Waals surface area (Å²) in [7, 11) is 0. The number of nitrogens with zero attached hydrogens (tertiary/aromatic N) is 2. The Morgan fingerprint density at radius 2 is 2.05 bits per heavy atom. The average Bonchev–Trinajstić information content (AvgIpc) is 2.97. The van der Waals surface area contributed by atoms with Crippen molar-refractivity contribution in [1.82, 2.24) is 4.98 Å². The van der Waals surface area contributed by atoms with Crippen LogP contribution >= 0.6 is 0 Å². The summed E-state index contributed by atoms with van der Waals surface area (Å²) in [5, 5.41) is 12.2. The van der Waals surface area contributed by atoms with Crippen molar-refractivity contribution in [3.63, 3.8) is 0 Å². The molecule has 0 unspecified atom stereocenters. The standard InChI is InChI=1S/C16H15N3O/c17-10-12-6-7-15(18-11-12)19-14-8-9-20-16(14)13-4-2-1-3-5-13/h1-7,11,14,16H,8-9H2,(H,18,19)/t14-,16-/m0/s1. The normalized spacial score (nSPS) is 21.4. The lowest BCUT2D eigenvalue weighted by molar-refractivity contribution is 0.107. The van der Waals surface area contributed by atoms with E-state index in [0.29, 0.717) is 5.56 Å². The zero-order chi connectivity index (χ0) is 13.8. The zero-order valence-corrected chi connectivity index (χ0v) is 11.0. The lowest BCUT2D eigenvalue weighted by Crippen LogP contribution is -2.23. The minimum Gasteiger partial charge on any atom is -0.371 e. The van der Waals surface area contributed by atoms with E-state index in [-0.39, 0.29) is 12.1 Å². The molecule has 3 rings (SSSR count). The van der Waals surface area contributed by atoms with E-state index >= 15 is 0 Å². The third-order valence-corrected chi connectivity index (χ3v) is 3.45. The predicted molar refractivity (Wildman–Crippen MR) is 76.1 cm³/mol. The van der Waals surface area contributed by atoms with Gasteiger partial charge in [0.25, 0.3) is 0 Å². The molecule has 1 fully saturated rings. The van der Waals surface area contributed by atoms with E-state index in [0.717, 1.165) is 18.8 Å². The first kappa shape index (κ1) is 12.6. The summed E-state index contributed by atoms with van der Waals surface area (Å²) in [6, 6.07) is 16.1. The van der Waals surface area contributed by atoms with Crippen molar-refractivity contribution in [3.8, 4) is 6.07 Å². The van der Waals surface area contributed by atoms with Crippen LogP contribution in [0.1, 0.15) is 23.7 Å². The molecule has 0 saturated carbocycles. The van der Waals surface area contributed by atoms with Gasteiger partial charge in [-0.3, -0.25) is 0 Å². The fraction of sp³-hybridized carbons (Fsp3) is 0.250. The molecule has 1 N–H and O–H groups in total. The summed E-state index contributed by atoms with van der Waals surface area (Å²) >= 11 is 0. The molecular weight excluding hydrogens is 250 g/mol. The van der Waals surface area contributed by atoms with E-state index in [4.69, 9.17) is 10.00 Å². The smallest absolute Gasteiger partial charge is 0.126 e. The fourth-order valence-electron chi connectivity index (χ4n) is 2.44. The van der Waals surface area contributed by atoms with Crippen LogP contribution in [0.5, 0.6) is 0 Å². The topological polar surface area (TPSA) is 57.9 Å². The first-order chi connectivity index (χ1) is 9.86. The van der Waals surface area contributed by atoms with Crippen molar-refractivity contribution in [2.24, 2.45) is 0 Å². The third-order valence-electron chi connectivity index (χ3n) is 3.45. The second-order valence-electron chi connectivity index (χ2n) is 4.79. The lowest BCUT2D eigenvalue weighted by Gasteiger charge is -2.20. The number of ether oxygens (including phenoxy) is 1. The van der Waals surface area contributed by atoms with E-state index in [2.05, 4.69) is 28.5 Å². The molecule has 0 aliphatic carbocycles. The Bertz CT molecular complexity index is 604. The lowest BCUT2D eigenvalue weighted by atomic mass is 10.0. The SMILES string of the molecule is N#Cc1ccc(N[C@H]2CCO[C@H]2c2ccccc2)nc1. The molecule has 0 spiro atoms. The predicted octanol–water partition coefficient (Wildman–Crippen LogP) is 2.90. The highest BCUT2D eigenvalue weighted by Crippen LogP contribution is 2.30. The molecule has 1 aliphatic heterocycles. The van der Waals surface area contributed by atoms with Crippen molar-refractivity contribution < 1.29 is 4.74 Å². The first-order valence-electron chi connectivity index (χ1n) is 6.66. The number of hydrogen-bond acceptors (Lipinski definition) is 4. The van der Waals surface area contributed by atoms with Gasteiger partial charge < -0.3 is 10.1 Å².